The Labute approximate surface area is 141 Å². The van der Waals surface area contributed by atoms with Crippen LogP contribution in [0.5, 0.6) is 0 Å². The summed E-state index contributed by atoms with van der Waals surface area (Å²) in [7, 11) is 0. The second kappa shape index (κ2) is 5.68. The van der Waals surface area contributed by atoms with Gasteiger partial charge in [0.2, 0.25) is 0 Å². The van der Waals surface area contributed by atoms with Crippen molar-refractivity contribution < 1.29 is 4.39 Å². The number of rotatable bonds is 3. The highest BCUT2D eigenvalue weighted by Crippen LogP contribution is 2.29. The summed E-state index contributed by atoms with van der Waals surface area (Å²) in [5.74, 6) is 0.206. The third-order valence-electron chi connectivity index (χ3n) is 3.80. The lowest BCUT2D eigenvalue weighted by molar-refractivity contribution is 0.639. The molecule has 0 unspecified atom stereocenters. The second-order valence-corrected chi connectivity index (χ2v) is 5.72. The van der Waals surface area contributed by atoms with Crippen molar-refractivity contribution in [2.45, 2.75) is 13.0 Å². The third-order valence-corrected chi connectivity index (χ3v) is 4.07. The van der Waals surface area contributed by atoms with Crippen molar-refractivity contribution in [1.29, 1.82) is 0 Å². The maximum atomic E-state index is 13.9. The van der Waals surface area contributed by atoms with Crippen LogP contribution in [-0.4, -0.2) is 24.9 Å². The van der Waals surface area contributed by atoms with Crippen LogP contribution in [0.3, 0.4) is 0 Å². The molecule has 0 saturated carbocycles. The van der Waals surface area contributed by atoms with Crippen LogP contribution in [0.1, 0.15) is 18.7 Å². The number of benzene rings is 1. The average Bonchev–Trinajstić information content (AvgIpc) is 3.04. The number of aromatic nitrogens is 5. The standard InChI is InChI=1S/C16H12ClFN6/c1-8(23-16-13-15(20-6-19-13)21-7-22-16)11-5-9-3-2-4-10(18)12(9)14(17)24-11/h2-8H,1H3,(H2,19,20,21,22,23)/t8-/m0/s1. The number of anilines is 1. The van der Waals surface area contributed by atoms with Crippen molar-refractivity contribution in [2.75, 3.05) is 5.32 Å². The van der Waals surface area contributed by atoms with E-state index in [1.807, 2.05) is 13.0 Å². The molecule has 8 heteroatoms. The molecule has 3 heterocycles. The molecule has 0 amide bonds. The first-order valence-electron chi connectivity index (χ1n) is 7.29. The summed E-state index contributed by atoms with van der Waals surface area (Å²) < 4.78 is 13.9. The van der Waals surface area contributed by atoms with E-state index in [0.717, 1.165) is 0 Å². The van der Waals surface area contributed by atoms with Crippen LogP contribution < -0.4 is 5.32 Å². The normalized spacial score (nSPS) is 12.6. The molecule has 0 radical (unpaired) electrons. The van der Waals surface area contributed by atoms with E-state index in [0.29, 0.717) is 33.4 Å². The molecule has 3 aromatic heterocycles. The van der Waals surface area contributed by atoms with Gasteiger partial charge in [0, 0.05) is 0 Å². The van der Waals surface area contributed by atoms with Crippen molar-refractivity contribution in [2.24, 2.45) is 0 Å². The van der Waals surface area contributed by atoms with E-state index >= 15 is 0 Å². The molecule has 4 aromatic rings. The maximum absolute atomic E-state index is 13.9. The van der Waals surface area contributed by atoms with Gasteiger partial charge in [-0.15, -0.1) is 0 Å². The summed E-state index contributed by atoms with van der Waals surface area (Å²) >= 11 is 6.17. The minimum absolute atomic E-state index is 0.141. The quantitative estimate of drug-likeness (QED) is 0.552. The number of H-pyrrole nitrogens is 1. The van der Waals surface area contributed by atoms with Crippen LogP contribution in [0.4, 0.5) is 10.2 Å². The van der Waals surface area contributed by atoms with E-state index < -0.39 is 0 Å². The smallest absolute Gasteiger partial charge is 0.162 e. The zero-order valence-electron chi connectivity index (χ0n) is 12.6. The zero-order chi connectivity index (χ0) is 16.7. The van der Waals surface area contributed by atoms with Gasteiger partial charge in [0.05, 0.1) is 23.4 Å². The fourth-order valence-corrected chi connectivity index (χ4v) is 2.91. The molecule has 0 bridgehead atoms. The topological polar surface area (TPSA) is 79.4 Å². The Balaban J connectivity index is 1.73. The molecule has 0 aliphatic carbocycles. The maximum Gasteiger partial charge on any atom is 0.162 e. The van der Waals surface area contributed by atoms with Gasteiger partial charge in [0.1, 0.15) is 22.8 Å². The number of hydrogen-bond acceptors (Lipinski definition) is 5. The lowest BCUT2D eigenvalue weighted by atomic mass is 10.1. The molecule has 0 spiro atoms. The van der Waals surface area contributed by atoms with Gasteiger partial charge in [-0.3, -0.25) is 0 Å². The summed E-state index contributed by atoms with van der Waals surface area (Å²) in [5.41, 5.74) is 1.97. The van der Waals surface area contributed by atoms with Crippen LogP contribution in [-0.2, 0) is 0 Å². The molecular weight excluding hydrogens is 331 g/mol. The van der Waals surface area contributed by atoms with Gasteiger partial charge in [0.25, 0.3) is 0 Å². The highest BCUT2D eigenvalue weighted by molar-refractivity contribution is 6.34. The van der Waals surface area contributed by atoms with Gasteiger partial charge < -0.3 is 10.3 Å². The number of fused-ring (bicyclic) bond motifs is 2. The third kappa shape index (κ3) is 2.43. The molecule has 6 nitrogen and oxygen atoms in total. The zero-order valence-corrected chi connectivity index (χ0v) is 13.3. The highest BCUT2D eigenvalue weighted by atomic mass is 35.5. The number of nitrogens with one attached hydrogen (secondary N) is 2. The van der Waals surface area contributed by atoms with Crippen LogP contribution in [0.15, 0.2) is 36.9 Å². The van der Waals surface area contributed by atoms with E-state index in [4.69, 9.17) is 11.6 Å². The summed E-state index contributed by atoms with van der Waals surface area (Å²) in [6.45, 7) is 1.92. The first-order chi connectivity index (χ1) is 11.6. The summed E-state index contributed by atoms with van der Waals surface area (Å²) in [6, 6.07) is 6.42. The van der Waals surface area contributed by atoms with Gasteiger partial charge in [-0.05, 0) is 24.4 Å². The molecule has 0 aliphatic rings. The van der Waals surface area contributed by atoms with E-state index in [1.165, 1.54) is 12.4 Å². The van der Waals surface area contributed by atoms with E-state index in [2.05, 4.69) is 30.2 Å². The largest absolute Gasteiger partial charge is 0.360 e. The minimum atomic E-state index is -0.383. The lowest BCUT2D eigenvalue weighted by Gasteiger charge is -2.15. The van der Waals surface area contributed by atoms with E-state index in [1.54, 1.807) is 18.5 Å². The molecule has 4 rings (SSSR count). The van der Waals surface area contributed by atoms with Crippen molar-refractivity contribution >= 4 is 39.4 Å². The molecule has 0 saturated heterocycles. The van der Waals surface area contributed by atoms with E-state index in [9.17, 15) is 4.39 Å². The number of pyridine rings is 1. The summed E-state index contributed by atoms with van der Waals surface area (Å²) in [6.07, 6.45) is 3.01. The van der Waals surface area contributed by atoms with Crippen LogP contribution >= 0.6 is 11.6 Å². The van der Waals surface area contributed by atoms with Crippen LogP contribution in [0.2, 0.25) is 5.15 Å². The van der Waals surface area contributed by atoms with E-state index in [-0.39, 0.29) is 17.0 Å². The number of hydrogen-bond donors (Lipinski definition) is 2. The Morgan fingerprint density at radius 1 is 1.25 bits per heavy atom. The Morgan fingerprint density at radius 2 is 2.12 bits per heavy atom. The highest BCUT2D eigenvalue weighted by Gasteiger charge is 2.15. The fraction of sp³-hybridized carbons (Fsp3) is 0.125. The van der Waals surface area contributed by atoms with Gasteiger partial charge in [-0.2, -0.15) is 0 Å². The molecular formula is C16H12ClFN6. The Hall–Kier alpha value is -2.80. The summed E-state index contributed by atoms with van der Waals surface area (Å²) in [5, 5.41) is 4.41. The first-order valence-corrected chi connectivity index (χ1v) is 7.66. The van der Waals surface area contributed by atoms with Crippen molar-refractivity contribution in [3.8, 4) is 0 Å². The van der Waals surface area contributed by atoms with Gasteiger partial charge >= 0.3 is 0 Å². The van der Waals surface area contributed by atoms with Crippen molar-refractivity contribution in [3.05, 3.63) is 53.6 Å². The molecule has 2 N–H and O–H groups in total. The number of halogens is 2. The van der Waals surface area contributed by atoms with Crippen LogP contribution in [0, 0.1) is 5.82 Å². The number of imidazole rings is 1. The fourth-order valence-electron chi connectivity index (χ4n) is 2.61. The Morgan fingerprint density at radius 3 is 3.00 bits per heavy atom. The average molecular weight is 343 g/mol. The molecule has 0 fully saturated rings. The molecule has 120 valence electrons. The number of aromatic amines is 1. The summed E-state index contributed by atoms with van der Waals surface area (Å²) in [4.78, 5) is 19.8. The molecule has 24 heavy (non-hydrogen) atoms. The Kier molecular flexibility index (Phi) is 3.50. The first kappa shape index (κ1) is 14.8. The predicted molar refractivity (Wildman–Crippen MR) is 90.4 cm³/mol. The molecule has 0 aliphatic heterocycles. The molecule has 1 aromatic carbocycles. The predicted octanol–water partition coefficient (Wildman–Crippen LogP) is 3.87. The monoisotopic (exact) mass is 342 g/mol. The molecule has 1 atom stereocenters. The SMILES string of the molecule is C[C@H](Nc1ncnc2[nH]cnc12)c1cc2cccc(F)c2c(Cl)n1. The lowest BCUT2D eigenvalue weighted by Crippen LogP contribution is -2.10. The van der Waals surface area contributed by atoms with Crippen LogP contribution in [0.25, 0.3) is 21.9 Å². The number of nitrogens with zero attached hydrogens (tertiary/aromatic N) is 4. The Bertz CT molecular complexity index is 1050. The minimum Gasteiger partial charge on any atom is -0.360 e. The van der Waals surface area contributed by atoms with Gasteiger partial charge in [-0.25, -0.2) is 24.3 Å². The van der Waals surface area contributed by atoms with Crippen molar-refractivity contribution in [1.82, 2.24) is 24.9 Å². The second-order valence-electron chi connectivity index (χ2n) is 5.36. The van der Waals surface area contributed by atoms with Gasteiger partial charge in [-0.1, -0.05) is 23.7 Å². The van der Waals surface area contributed by atoms with Gasteiger partial charge in [0.15, 0.2) is 11.5 Å². The van der Waals surface area contributed by atoms with Crippen molar-refractivity contribution in [3.63, 3.8) is 0 Å².